The van der Waals surface area contributed by atoms with Gasteiger partial charge in [0.1, 0.15) is 11.3 Å². The van der Waals surface area contributed by atoms with Crippen molar-refractivity contribution in [3.05, 3.63) is 34.8 Å². The molecule has 8 nitrogen and oxygen atoms in total. The number of carbonyl (C=O) groups excluding carboxylic acids is 1. The van der Waals surface area contributed by atoms with Gasteiger partial charge in [-0.1, -0.05) is 0 Å². The first-order valence-corrected chi connectivity index (χ1v) is 10.0. The van der Waals surface area contributed by atoms with E-state index < -0.39 is 40.8 Å². The van der Waals surface area contributed by atoms with E-state index in [-0.39, 0.29) is 30.4 Å². The maximum absolute atomic E-state index is 13.7. The summed E-state index contributed by atoms with van der Waals surface area (Å²) < 4.78 is 53.1. The van der Waals surface area contributed by atoms with Crippen LogP contribution in [0.4, 0.5) is 13.2 Å². The third kappa shape index (κ3) is 6.42. The average molecular weight is 461 g/mol. The molecule has 0 amide bonds. The topological polar surface area (TPSA) is 107 Å². The number of alkyl halides is 3. The van der Waals surface area contributed by atoms with Gasteiger partial charge in [-0.05, 0) is 54.5 Å². The van der Waals surface area contributed by atoms with Crippen LogP contribution in [0.5, 0.6) is 11.6 Å². The molecule has 11 heteroatoms. The first-order chi connectivity index (χ1) is 14.7. The quantitative estimate of drug-likeness (QED) is 0.637. The third-order valence-electron chi connectivity index (χ3n) is 4.00. The molecular weight excluding hydrogens is 431 g/mol. The zero-order chi connectivity index (χ0) is 24.9. The number of ether oxygens (including phenoxy) is 2. The molecular formula is C21H30F3N3O5. The Labute approximate surface area is 185 Å². The second-order valence-corrected chi connectivity index (χ2v) is 7.74. The van der Waals surface area contributed by atoms with Crippen LogP contribution in [0.15, 0.2) is 12.3 Å². The molecule has 2 aromatic rings. The van der Waals surface area contributed by atoms with E-state index in [1.54, 1.807) is 34.6 Å². The van der Waals surface area contributed by atoms with Crippen molar-refractivity contribution in [2.45, 2.75) is 66.3 Å². The van der Waals surface area contributed by atoms with Gasteiger partial charge >= 0.3 is 12.1 Å². The van der Waals surface area contributed by atoms with Crippen molar-refractivity contribution in [2.24, 2.45) is 0 Å². The standard InChI is InChI=1S/C19H24F3N3O4.C2H6O/c1-7-28-17(27)14-10(2)16(25(24-14)18(4,5)6)29-12-8-9-23-15(11(3)26)13(12)19(20,21)22;1-2-3/h8-9,11,26H,7H2,1-6H3;3H,2H2,1H3. The maximum atomic E-state index is 13.7. The predicted octanol–water partition coefficient (Wildman–Crippen LogP) is 4.38. The van der Waals surface area contributed by atoms with Crippen molar-refractivity contribution in [1.82, 2.24) is 14.8 Å². The van der Waals surface area contributed by atoms with E-state index in [1.807, 2.05) is 0 Å². The van der Waals surface area contributed by atoms with Crippen molar-refractivity contribution in [1.29, 1.82) is 0 Å². The molecule has 180 valence electrons. The molecule has 1 unspecified atom stereocenters. The van der Waals surface area contributed by atoms with E-state index in [2.05, 4.69) is 10.1 Å². The highest BCUT2D eigenvalue weighted by Crippen LogP contribution is 2.42. The minimum Gasteiger partial charge on any atom is -0.461 e. The number of nitrogens with zero attached hydrogens (tertiary/aromatic N) is 3. The number of aliphatic hydroxyl groups is 2. The zero-order valence-electron chi connectivity index (χ0n) is 19.2. The molecule has 0 aromatic carbocycles. The second-order valence-electron chi connectivity index (χ2n) is 7.74. The highest BCUT2D eigenvalue weighted by atomic mass is 19.4. The van der Waals surface area contributed by atoms with E-state index in [0.29, 0.717) is 0 Å². The van der Waals surface area contributed by atoms with Gasteiger partial charge in [0, 0.05) is 18.4 Å². The lowest BCUT2D eigenvalue weighted by atomic mass is 10.1. The Balaban J connectivity index is 0.00000161. The van der Waals surface area contributed by atoms with Gasteiger partial charge in [0.2, 0.25) is 5.88 Å². The summed E-state index contributed by atoms with van der Waals surface area (Å²) >= 11 is 0. The summed E-state index contributed by atoms with van der Waals surface area (Å²) in [6.45, 7) is 11.7. The van der Waals surface area contributed by atoms with Gasteiger partial charge in [-0.15, -0.1) is 0 Å². The van der Waals surface area contributed by atoms with Crippen LogP contribution in [0.3, 0.4) is 0 Å². The molecule has 2 rings (SSSR count). The fourth-order valence-electron chi connectivity index (χ4n) is 2.70. The summed E-state index contributed by atoms with van der Waals surface area (Å²) in [5.41, 5.74) is -2.26. The molecule has 1 atom stereocenters. The largest absolute Gasteiger partial charge is 0.461 e. The fourth-order valence-corrected chi connectivity index (χ4v) is 2.70. The summed E-state index contributed by atoms with van der Waals surface area (Å²) in [7, 11) is 0. The minimum absolute atomic E-state index is 0.0335. The minimum atomic E-state index is -4.82. The number of hydrogen-bond acceptors (Lipinski definition) is 7. The lowest BCUT2D eigenvalue weighted by Crippen LogP contribution is -2.24. The maximum Gasteiger partial charge on any atom is 0.421 e. The van der Waals surface area contributed by atoms with Gasteiger partial charge in [-0.3, -0.25) is 4.98 Å². The molecule has 0 aliphatic rings. The van der Waals surface area contributed by atoms with Crippen molar-refractivity contribution in [3.8, 4) is 11.6 Å². The number of hydrogen-bond donors (Lipinski definition) is 2. The van der Waals surface area contributed by atoms with Crippen molar-refractivity contribution in [3.63, 3.8) is 0 Å². The Hall–Kier alpha value is -2.66. The SMILES string of the molecule is CCO.CCOC(=O)c1nn(C(C)(C)C)c(Oc2ccnc(C(C)O)c2C(F)(F)F)c1C. The molecule has 32 heavy (non-hydrogen) atoms. The Kier molecular flexibility index (Phi) is 9.22. The van der Waals surface area contributed by atoms with Crippen molar-refractivity contribution < 1.29 is 37.7 Å². The molecule has 0 spiro atoms. The summed E-state index contributed by atoms with van der Waals surface area (Å²) in [6.07, 6.45) is -5.16. The van der Waals surface area contributed by atoms with Gasteiger partial charge in [0.25, 0.3) is 0 Å². The molecule has 0 aliphatic heterocycles. The number of aliphatic hydroxyl groups excluding tert-OH is 2. The van der Waals surface area contributed by atoms with E-state index in [4.69, 9.17) is 14.6 Å². The second kappa shape index (κ2) is 10.8. The number of rotatable bonds is 5. The first-order valence-electron chi connectivity index (χ1n) is 10.0. The molecule has 0 saturated carbocycles. The van der Waals surface area contributed by atoms with Crippen LogP contribution in [0, 0.1) is 6.92 Å². The molecule has 2 heterocycles. The Morgan fingerprint density at radius 3 is 2.25 bits per heavy atom. The van der Waals surface area contributed by atoms with Gasteiger partial charge in [-0.25, -0.2) is 9.48 Å². The van der Waals surface area contributed by atoms with Crippen LogP contribution in [0.1, 0.15) is 75.0 Å². The molecule has 2 N–H and O–H groups in total. The highest BCUT2D eigenvalue weighted by Gasteiger charge is 2.40. The van der Waals surface area contributed by atoms with Crippen LogP contribution in [-0.2, 0) is 16.5 Å². The Bertz CT molecular complexity index is 919. The Morgan fingerprint density at radius 1 is 1.25 bits per heavy atom. The number of esters is 1. The van der Waals surface area contributed by atoms with Crippen LogP contribution in [-0.4, -0.2) is 44.2 Å². The van der Waals surface area contributed by atoms with E-state index in [9.17, 15) is 23.1 Å². The smallest absolute Gasteiger partial charge is 0.421 e. The monoisotopic (exact) mass is 461 g/mol. The van der Waals surface area contributed by atoms with Crippen LogP contribution >= 0.6 is 0 Å². The normalized spacial score (nSPS) is 12.6. The van der Waals surface area contributed by atoms with Gasteiger partial charge < -0.3 is 19.7 Å². The molecule has 0 saturated heterocycles. The molecule has 0 fully saturated rings. The van der Waals surface area contributed by atoms with Crippen LogP contribution in [0.2, 0.25) is 0 Å². The third-order valence-corrected chi connectivity index (χ3v) is 4.00. The number of halogens is 3. The molecule has 2 aromatic heterocycles. The highest BCUT2D eigenvalue weighted by molar-refractivity contribution is 5.89. The van der Waals surface area contributed by atoms with Gasteiger partial charge in [-0.2, -0.15) is 18.3 Å². The molecule has 0 aliphatic carbocycles. The van der Waals surface area contributed by atoms with Crippen LogP contribution < -0.4 is 4.74 Å². The predicted molar refractivity (Wildman–Crippen MR) is 111 cm³/mol. The lowest BCUT2D eigenvalue weighted by molar-refractivity contribution is -0.140. The fraction of sp³-hybridized carbons (Fsp3) is 0.571. The van der Waals surface area contributed by atoms with Gasteiger partial charge in [0.05, 0.1) is 23.9 Å². The number of aromatic nitrogens is 3. The lowest BCUT2D eigenvalue weighted by Gasteiger charge is -2.23. The Morgan fingerprint density at radius 2 is 1.81 bits per heavy atom. The number of carbonyl (C=O) groups is 1. The first kappa shape index (κ1) is 27.4. The van der Waals surface area contributed by atoms with E-state index in [0.717, 1.165) is 12.3 Å². The van der Waals surface area contributed by atoms with Crippen LogP contribution in [0.25, 0.3) is 0 Å². The van der Waals surface area contributed by atoms with Gasteiger partial charge in [0.15, 0.2) is 5.69 Å². The van der Waals surface area contributed by atoms with Crippen molar-refractivity contribution in [2.75, 3.05) is 13.2 Å². The summed E-state index contributed by atoms with van der Waals surface area (Å²) in [6, 6.07) is 1.05. The average Bonchev–Trinajstić information content (AvgIpc) is 2.98. The zero-order valence-corrected chi connectivity index (χ0v) is 19.2. The molecule has 0 bridgehead atoms. The number of pyridine rings is 1. The van der Waals surface area contributed by atoms with Crippen molar-refractivity contribution >= 4 is 5.97 Å². The summed E-state index contributed by atoms with van der Waals surface area (Å²) in [5, 5.41) is 21.5. The van der Waals surface area contributed by atoms with E-state index in [1.165, 1.54) is 18.5 Å². The summed E-state index contributed by atoms with van der Waals surface area (Å²) in [5.74, 6) is -1.28. The van der Waals surface area contributed by atoms with E-state index >= 15 is 0 Å². The summed E-state index contributed by atoms with van der Waals surface area (Å²) in [4.78, 5) is 15.9. The molecule has 0 radical (unpaired) electrons.